The average Bonchev–Trinajstić information content (AvgIpc) is 2.96. The zero-order chi connectivity index (χ0) is 15.4. The number of halogens is 1. The van der Waals surface area contributed by atoms with Crippen LogP contribution in [0.5, 0.6) is 0 Å². The molecule has 1 fully saturated rings. The SMILES string of the molecule is C[C@@H](NC(=O)c1ccncc1)C(=O)N1CCCB1C(=O)O.Cl. The molecule has 1 aromatic rings. The molecule has 0 bridgehead atoms. The molecular formula is C13H17BClN3O4. The van der Waals surface area contributed by atoms with Crippen molar-refractivity contribution < 1.29 is 19.5 Å². The molecule has 0 aliphatic carbocycles. The molecule has 1 atom stereocenters. The van der Waals surface area contributed by atoms with Gasteiger partial charge in [0.15, 0.2) is 0 Å². The zero-order valence-electron chi connectivity index (χ0n) is 12.1. The minimum Gasteiger partial charge on any atom is -0.487 e. The Hall–Kier alpha value is -2.09. The average molecular weight is 326 g/mol. The van der Waals surface area contributed by atoms with Gasteiger partial charge in [-0.05, 0) is 31.8 Å². The standard InChI is InChI=1S/C13H16BN3O4.ClH/c1-9(16-11(18)10-3-6-15-7-4-10)12(19)17-8-2-5-14(17)13(20)21;/h3-4,6-7,9H,2,5,8H2,1H3,(H,16,18)(H,20,21);1H/t9-;/m1./s1. The summed E-state index contributed by atoms with van der Waals surface area (Å²) in [7, 11) is 0. The second-order valence-corrected chi connectivity index (χ2v) is 4.96. The van der Waals surface area contributed by atoms with Crippen molar-refractivity contribution in [3.8, 4) is 0 Å². The Morgan fingerprint density at radius 1 is 1.36 bits per heavy atom. The Bertz CT molecular complexity index is 557. The number of pyridine rings is 1. The Morgan fingerprint density at radius 2 is 2.00 bits per heavy atom. The summed E-state index contributed by atoms with van der Waals surface area (Å²) in [5, 5.41) is 11.7. The Morgan fingerprint density at radius 3 is 2.59 bits per heavy atom. The summed E-state index contributed by atoms with van der Waals surface area (Å²) in [6.45, 7) is 1.17. The highest BCUT2D eigenvalue weighted by Crippen LogP contribution is 2.16. The number of rotatable bonds is 4. The normalized spacial score (nSPS) is 15.0. The largest absolute Gasteiger partial charge is 0.487 e. The van der Waals surface area contributed by atoms with Crippen LogP contribution in [-0.2, 0) is 4.79 Å². The lowest BCUT2D eigenvalue weighted by atomic mass is 9.59. The van der Waals surface area contributed by atoms with Gasteiger partial charge in [0.05, 0.1) is 0 Å². The van der Waals surface area contributed by atoms with E-state index in [-0.39, 0.29) is 24.2 Å². The number of nitrogens with one attached hydrogen (secondary N) is 1. The molecule has 2 amide bonds. The molecule has 1 aromatic heterocycles. The number of carbonyl (C=O) groups excluding carboxylic acids is 2. The van der Waals surface area contributed by atoms with Gasteiger partial charge >= 0.3 is 6.85 Å². The number of aromatic nitrogens is 1. The molecule has 0 aromatic carbocycles. The maximum atomic E-state index is 12.3. The number of hydrogen-bond donors (Lipinski definition) is 2. The van der Waals surface area contributed by atoms with Crippen LogP contribution in [0.1, 0.15) is 23.7 Å². The molecule has 22 heavy (non-hydrogen) atoms. The second-order valence-electron chi connectivity index (χ2n) is 4.96. The first-order valence-corrected chi connectivity index (χ1v) is 6.75. The van der Waals surface area contributed by atoms with Gasteiger partial charge in [0, 0.05) is 24.5 Å². The van der Waals surface area contributed by atoms with Crippen LogP contribution in [0.4, 0.5) is 4.79 Å². The first-order chi connectivity index (χ1) is 10.0. The third-order valence-corrected chi connectivity index (χ3v) is 3.48. The number of hydrogen-bond acceptors (Lipinski definition) is 4. The van der Waals surface area contributed by atoms with E-state index < -0.39 is 18.8 Å². The zero-order valence-corrected chi connectivity index (χ0v) is 12.9. The van der Waals surface area contributed by atoms with Gasteiger partial charge in [0.25, 0.3) is 11.8 Å². The highest BCUT2D eigenvalue weighted by Gasteiger charge is 2.40. The van der Waals surface area contributed by atoms with Crippen molar-refractivity contribution in [3.63, 3.8) is 0 Å². The quantitative estimate of drug-likeness (QED) is 0.808. The van der Waals surface area contributed by atoms with E-state index >= 15 is 0 Å². The monoisotopic (exact) mass is 325 g/mol. The van der Waals surface area contributed by atoms with E-state index in [0.717, 1.165) is 0 Å². The molecular weight excluding hydrogens is 308 g/mol. The number of amides is 2. The van der Waals surface area contributed by atoms with Gasteiger partial charge in [0.2, 0.25) is 5.91 Å². The molecule has 2 heterocycles. The van der Waals surface area contributed by atoms with E-state index in [0.29, 0.717) is 24.8 Å². The van der Waals surface area contributed by atoms with Crippen LogP contribution in [-0.4, -0.2) is 52.0 Å². The van der Waals surface area contributed by atoms with E-state index in [1.807, 2.05) is 0 Å². The van der Waals surface area contributed by atoms with Crippen molar-refractivity contribution in [2.75, 3.05) is 6.54 Å². The molecule has 0 radical (unpaired) electrons. The lowest BCUT2D eigenvalue weighted by Crippen LogP contribution is -2.52. The fourth-order valence-electron chi connectivity index (χ4n) is 2.38. The molecule has 7 nitrogen and oxygen atoms in total. The van der Waals surface area contributed by atoms with Gasteiger partial charge in [0.1, 0.15) is 6.04 Å². The molecule has 1 saturated heterocycles. The van der Waals surface area contributed by atoms with Crippen molar-refractivity contribution in [2.45, 2.75) is 25.7 Å². The maximum absolute atomic E-state index is 12.3. The van der Waals surface area contributed by atoms with Gasteiger partial charge in [-0.2, -0.15) is 0 Å². The van der Waals surface area contributed by atoms with Gasteiger partial charge in [-0.1, -0.05) is 0 Å². The van der Waals surface area contributed by atoms with Crippen LogP contribution in [0.3, 0.4) is 0 Å². The minimum absolute atomic E-state index is 0. The van der Waals surface area contributed by atoms with Crippen molar-refractivity contribution in [2.24, 2.45) is 0 Å². The maximum Gasteiger partial charge on any atom is 0.390 e. The molecule has 1 aliphatic heterocycles. The van der Waals surface area contributed by atoms with Gasteiger partial charge in [-0.3, -0.25) is 19.4 Å². The van der Waals surface area contributed by atoms with Crippen LogP contribution in [0, 0.1) is 0 Å². The Labute approximate surface area is 134 Å². The van der Waals surface area contributed by atoms with E-state index in [1.165, 1.54) is 17.2 Å². The van der Waals surface area contributed by atoms with Crippen molar-refractivity contribution >= 4 is 36.9 Å². The topological polar surface area (TPSA) is 99.6 Å². The van der Waals surface area contributed by atoms with E-state index in [2.05, 4.69) is 10.3 Å². The van der Waals surface area contributed by atoms with Crippen molar-refractivity contribution in [1.29, 1.82) is 0 Å². The summed E-state index contributed by atoms with van der Waals surface area (Å²) in [5.41, 5.74) is 0.404. The molecule has 2 rings (SSSR count). The minimum atomic E-state index is -1.01. The van der Waals surface area contributed by atoms with Gasteiger partial charge in [-0.25, -0.2) is 0 Å². The number of carbonyl (C=O) groups is 3. The molecule has 0 saturated carbocycles. The number of nitrogens with zero attached hydrogens (tertiary/aromatic N) is 2. The highest BCUT2D eigenvalue weighted by atomic mass is 35.5. The van der Waals surface area contributed by atoms with Gasteiger partial charge < -0.3 is 15.2 Å². The first kappa shape index (κ1) is 18.0. The molecule has 0 spiro atoms. The lowest BCUT2D eigenvalue weighted by Gasteiger charge is -2.24. The third-order valence-electron chi connectivity index (χ3n) is 3.48. The molecule has 118 valence electrons. The van der Waals surface area contributed by atoms with Crippen LogP contribution in [0.2, 0.25) is 6.32 Å². The summed E-state index contributed by atoms with van der Waals surface area (Å²) in [6.07, 6.45) is 4.09. The summed E-state index contributed by atoms with van der Waals surface area (Å²) in [4.78, 5) is 40.5. The summed E-state index contributed by atoms with van der Waals surface area (Å²) < 4.78 is 0. The third kappa shape index (κ3) is 3.97. The first-order valence-electron chi connectivity index (χ1n) is 6.75. The van der Waals surface area contributed by atoms with E-state index in [4.69, 9.17) is 5.11 Å². The van der Waals surface area contributed by atoms with Crippen molar-refractivity contribution in [1.82, 2.24) is 15.1 Å². The smallest absolute Gasteiger partial charge is 0.390 e. The fraction of sp³-hybridized carbons (Fsp3) is 0.385. The van der Waals surface area contributed by atoms with Crippen LogP contribution in [0.15, 0.2) is 24.5 Å². The molecule has 2 N–H and O–H groups in total. The van der Waals surface area contributed by atoms with Crippen LogP contribution in [0.25, 0.3) is 0 Å². The predicted octanol–water partition coefficient (Wildman–Crippen LogP) is 1.11. The van der Waals surface area contributed by atoms with Crippen LogP contribution < -0.4 is 5.32 Å². The summed E-state index contributed by atoms with van der Waals surface area (Å²) in [6, 6.07) is 2.32. The molecule has 0 unspecified atom stereocenters. The Kier molecular flexibility index (Phi) is 6.36. The van der Waals surface area contributed by atoms with E-state index in [1.54, 1.807) is 19.1 Å². The number of carboxylic acid groups (broad SMARTS) is 1. The second kappa shape index (κ2) is 7.79. The highest BCUT2D eigenvalue weighted by molar-refractivity contribution is 6.88. The predicted molar refractivity (Wildman–Crippen MR) is 83.3 cm³/mol. The van der Waals surface area contributed by atoms with Crippen LogP contribution >= 0.6 is 12.4 Å². The fourth-order valence-corrected chi connectivity index (χ4v) is 2.38. The van der Waals surface area contributed by atoms with Crippen molar-refractivity contribution in [3.05, 3.63) is 30.1 Å². The molecule has 1 aliphatic rings. The van der Waals surface area contributed by atoms with E-state index in [9.17, 15) is 14.4 Å². The van der Waals surface area contributed by atoms with Gasteiger partial charge in [-0.15, -0.1) is 12.4 Å². The summed E-state index contributed by atoms with van der Waals surface area (Å²) in [5.74, 6) is -1.76. The Balaban J connectivity index is 0.00000242. The summed E-state index contributed by atoms with van der Waals surface area (Å²) >= 11 is 0. The lowest BCUT2D eigenvalue weighted by molar-refractivity contribution is -0.128. The molecule has 9 heteroatoms.